The van der Waals surface area contributed by atoms with Crippen molar-refractivity contribution in [3.63, 3.8) is 0 Å². The molecule has 0 N–H and O–H groups in total. The molecule has 0 unspecified atom stereocenters. The number of aromatic nitrogens is 4. The van der Waals surface area contributed by atoms with Crippen LogP contribution < -0.4 is 0 Å². The maximum absolute atomic E-state index is 12.5. The first kappa shape index (κ1) is 18.1. The summed E-state index contributed by atoms with van der Waals surface area (Å²) in [5.41, 5.74) is 1.17. The van der Waals surface area contributed by atoms with Gasteiger partial charge in [-0.25, -0.2) is 15.0 Å². The van der Waals surface area contributed by atoms with Crippen molar-refractivity contribution in [2.24, 2.45) is 5.92 Å². The van der Waals surface area contributed by atoms with Gasteiger partial charge in [-0.15, -0.1) is 0 Å². The summed E-state index contributed by atoms with van der Waals surface area (Å²) in [7, 11) is 0. The zero-order chi connectivity index (χ0) is 18.6. The third kappa shape index (κ3) is 4.35. The van der Waals surface area contributed by atoms with E-state index in [9.17, 15) is 4.79 Å². The van der Waals surface area contributed by atoms with Gasteiger partial charge in [-0.05, 0) is 32.1 Å². The number of amides is 1. The van der Waals surface area contributed by atoms with E-state index in [1.54, 1.807) is 6.20 Å². The Labute approximate surface area is 160 Å². The highest BCUT2D eigenvalue weighted by molar-refractivity contribution is 5.77. The second kappa shape index (κ2) is 8.17. The molecule has 4 heterocycles. The molecule has 0 bridgehead atoms. The maximum atomic E-state index is 12.5. The molecule has 2 aliphatic heterocycles. The summed E-state index contributed by atoms with van der Waals surface area (Å²) in [5, 5.41) is 0. The second-order valence-corrected chi connectivity index (χ2v) is 7.77. The molecule has 2 aromatic heterocycles. The molecule has 4 rings (SSSR count). The zero-order valence-corrected chi connectivity index (χ0v) is 16.0. The van der Waals surface area contributed by atoms with E-state index in [1.807, 2.05) is 31.8 Å². The van der Waals surface area contributed by atoms with Gasteiger partial charge in [0.25, 0.3) is 0 Å². The number of fused-ring (bicyclic) bond motifs is 1. The first-order chi connectivity index (χ1) is 13.2. The number of carbonyl (C=O) groups excluding carboxylic acids is 1. The fraction of sp³-hybridized carbons (Fsp3) is 0.600. The molecule has 0 aliphatic carbocycles. The molecule has 1 amide bonds. The fourth-order valence-electron chi connectivity index (χ4n) is 4.46. The van der Waals surface area contributed by atoms with Crippen LogP contribution in [0.3, 0.4) is 0 Å². The first-order valence-electron chi connectivity index (χ1n) is 9.94. The van der Waals surface area contributed by atoms with Crippen molar-refractivity contribution >= 4 is 5.91 Å². The predicted molar refractivity (Wildman–Crippen MR) is 102 cm³/mol. The van der Waals surface area contributed by atoms with E-state index in [1.165, 1.54) is 5.56 Å². The van der Waals surface area contributed by atoms with Gasteiger partial charge < -0.3 is 9.47 Å². The van der Waals surface area contributed by atoms with Crippen LogP contribution in [0.5, 0.6) is 0 Å². The van der Waals surface area contributed by atoms with Crippen LogP contribution in [-0.2, 0) is 17.9 Å². The molecule has 2 aromatic rings. The zero-order valence-electron chi connectivity index (χ0n) is 16.0. The van der Waals surface area contributed by atoms with Gasteiger partial charge >= 0.3 is 0 Å². The number of hydrogen-bond acceptors (Lipinski definition) is 5. The highest BCUT2D eigenvalue weighted by Gasteiger charge is 2.38. The largest absolute Gasteiger partial charge is 0.339 e. The Bertz CT molecular complexity index is 744. The SMILES string of the molecule is Cc1ncc(CN2CC[C@@H]3[C@@H](CCC(=O)N3CCCn3ccnc3)C2)cn1. The molecule has 2 saturated heterocycles. The van der Waals surface area contributed by atoms with Crippen LogP contribution in [0.15, 0.2) is 31.1 Å². The Morgan fingerprint density at radius 1 is 1.19 bits per heavy atom. The van der Waals surface area contributed by atoms with Crippen LogP contribution in [0.1, 0.15) is 37.1 Å². The Kier molecular flexibility index (Phi) is 5.48. The molecule has 0 radical (unpaired) electrons. The van der Waals surface area contributed by atoms with Crippen molar-refractivity contribution in [3.05, 3.63) is 42.5 Å². The van der Waals surface area contributed by atoms with Crippen molar-refractivity contribution < 1.29 is 4.79 Å². The highest BCUT2D eigenvalue weighted by Crippen LogP contribution is 2.32. The van der Waals surface area contributed by atoms with Crippen LogP contribution >= 0.6 is 0 Å². The number of aryl methyl sites for hydroxylation is 2. The van der Waals surface area contributed by atoms with Crippen LogP contribution in [0.4, 0.5) is 0 Å². The minimum Gasteiger partial charge on any atom is -0.339 e. The van der Waals surface area contributed by atoms with Crippen molar-refractivity contribution in [1.82, 2.24) is 29.3 Å². The van der Waals surface area contributed by atoms with Gasteiger partial charge in [0.15, 0.2) is 0 Å². The average Bonchev–Trinajstić information content (AvgIpc) is 3.19. The summed E-state index contributed by atoms with van der Waals surface area (Å²) in [6.45, 7) is 6.67. The summed E-state index contributed by atoms with van der Waals surface area (Å²) in [4.78, 5) is 29.9. The lowest BCUT2D eigenvalue weighted by Crippen LogP contribution is -2.56. The summed E-state index contributed by atoms with van der Waals surface area (Å²) in [6, 6.07) is 0.402. The van der Waals surface area contributed by atoms with E-state index in [4.69, 9.17) is 0 Å². The second-order valence-electron chi connectivity index (χ2n) is 7.77. The van der Waals surface area contributed by atoms with Crippen LogP contribution in [0, 0.1) is 12.8 Å². The Hall–Kier alpha value is -2.28. The minimum atomic E-state index is 0.335. The van der Waals surface area contributed by atoms with Crippen LogP contribution in [0.2, 0.25) is 0 Å². The summed E-state index contributed by atoms with van der Waals surface area (Å²) in [5.74, 6) is 1.73. The third-order valence-corrected chi connectivity index (χ3v) is 5.84. The van der Waals surface area contributed by atoms with Crippen molar-refractivity contribution in [3.8, 4) is 0 Å². The van der Waals surface area contributed by atoms with Gasteiger partial charge in [-0.1, -0.05) is 0 Å². The van der Waals surface area contributed by atoms with E-state index < -0.39 is 0 Å². The third-order valence-electron chi connectivity index (χ3n) is 5.84. The Morgan fingerprint density at radius 3 is 2.81 bits per heavy atom. The van der Waals surface area contributed by atoms with Crippen molar-refractivity contribution in [2.45, 2.75) is 51.7 Å². The lowest BCUT2D eigenvalue weighted by atomic mass is 9.83. The number of imidazole rings is 1. The van der Waals surface area contributed by atoms with E-state index in [0.717, 1.165) is 57.8 Å². The smallest absolute Gasteiger partial charge is 0.222 e. The standard InChI is InChI=1S/C20H28N6O/c1-16-22-11-17(12-23-16)13-25-9-5-19-18(14-25)3-4-20(27)26(19)8-2-7-24-10-6-21-15-24/h6,10-12,15,18-19H,2-5,7-9,13-14H2,1H3/t18-,19+/m0/s1. The molecule has 27 heavy (non-hydrogen) atoms. The first-order valence-corrected chi connectivity index (χ1v) is 9.94. The van der Waals surface area contributed by atoms with Gasteiger partial charge in [0.2, 0.25) is 5.91 Å². The van der Waals surface area contributed by atoms with Crippen LogP contribution in [-0.4, -0.2) is 60.9 Å². The number of likely N-dealkylation sites (tertiary alicyclic amines) is 2. The molecule has 2 fully saturated rings. The lowest BCUT2D eigenvalue weighted by Gasteiger charge is -2.47. The molecule has 0 spiro atoms. The van der Waals surface area contributed by atoms with E-state index >= 15 is 0 Å². The van der Waals surface area contributed by atoms with Gasteiger partial charge in [0, 0.05) is 75.5 Å². The number of piperidine rings is 2. The Balaban J connectivity index is 1.32. The quantitative estimate of drug-likeness (QED) is 0.779. The molecule has 0 aromatic carbocycles. The molecule has 144 valence electrons. The lowest BCUT2D eigenvalue weighted by molar-refractivity contribution is -0.141. The number of nitrogens with zero attached hydrogens (tertiary/aromatic N) is 6. The van der Waals surface area contributed by atoms with E-state index in [0.29, 0.717) is 24.3 Å². The van der Waals surface area contributed by atoms with Gasteiger partial charge in [-0.2, -0.15) is 0 Å². The maximum Gasteiger partial charge on any atom is 0.222 e. The van der Waals surface area contributed by atoms with E-state index in [-0.39, 0.29) is 0 Å². The number of hydrogen-bond donors (Lipinski definition) is 0. The topological polar surface area (TPSA) is 67.2 Å². The molecular weight excluding hydrogens is 340 g/mol. The Morgan fingerprint density at radius 2 is 2.04 bits per heavy atom. The summed E-state index contributed by atoms with van der Waals surface area (Å²) in [6.07, 6.45) is 13.2. The molecule has 2 atom stereocenters. The molecule has 2 aliphatic rings. The van der Waals surface area contributed by atoms with Crippen LogP contribution in [0.25, 0.3) is 0 Å². The number of rotatable bonds is 6. The summed E-state index contributed by atoms with van der Waals surface area (Å²) >= 11 is 0. The monoisotopic (exact) mass is 368 g/mol. The van der Waals surface area contributed by atoms with E-state index in [2.05, 4.69) is 29.3 Å². The van der Waals surface area contributed by atoms with Gasteiger partial charge in [0.05, 0.1) is 6.33 Å². The van der Waals surface area contributed by atoms with Gasteiger partial charge in [0.1, 0.15) is 5.82 Å². The highest BCUT2D eigenvalue weighted by atomic mass is 16.2. The molecule has 7 heteroatoms. The van der Waals surface area contributed by atoms with Crippen molar-refractivity contribution in [1.29, 1.82) is 0 Å². The predicted octanol–water partition coefficient (Wildman–Crippen LogP) is 1.88. The minimum absolute atomic E-state index is 0.335. The molecule has 7 nitrogen and oxygen atoms in total. The van der Waals surface area contributed by atoms with Gasteiger partial charge in [-0.3, -0.25) is 9.69 Å². The normalized spacial score (nSPS) is 23.4. The molecular formula is C20H28N6O. The summed E-state index contributed by atoms with van der Waals surface area (Å²) < 4.78 is 2.08. The number of carbonyl (C=O) groups is 1. The average molecular weight is 368 g/mol. The molecule has 0 saturated carbocycles. The van der Waals surface area contributed by atoms with Crippen molar-refractivity contribution in [2.75, 3.05) is 19.6 Å². The fourth-order valence-corrected chi connectivity index (χ4v) is 4.46.